The van der Waals surface area contributed by atoms with Gasteiger partial charge in [-0.25, -0.2) is 4.90 Å². The second-order valence-corrected chi connectivity index (χ2v) is 14.0. The summed E-state index contributed by atoms with van der Waals surface area (Å²) >= 11 is 6.37. The zero-order valence-electron chi connectivity index (χ0n) is 27.5. The number of hydrogen-bond donors (Lipinski definition) is 2. The van der Waals surface area contributed by atoms with Gasteiger partial charge in [0, 0.05) is 35.5 Å². The summed E-state index contributed by atoms with van der Waals surface area (Å²) in [6.07, 6.45) is 3.94. The van der Waals surface area contributed by atoms with E-state index in [0.717, 1.165) is 5.57 Å². The Hall–Kier alpha value is -4.96. The second kappa shape index (κ2) is 13.1. The van der Waals surface area contributed by atoms with Crippen molar-refractivity contribution in [2.24, 2.45) is 23.7 Å². The first kappa shape index (κ1) is 33.5. The molecule has 0 aromatic heterocycles. The number of allylic oxidation sites excluding steroid dienone is 2. The Labute approximate surface area is 294 Å². The largest absolute Gasteiger partial charge is 0.508 e. The minimum atomic E-state index is -1.46. The van der Waals surface area contributed by atoms with Gasteiger partial charge in [0.05, 0.1) is 36.0 Å². The Morgan fingerprint density at radius 3 is 2.42 bits per heavy atom. The van der Waals surface area contributed by atoms with Gasteiger partial charge >= 0.3 is 5.97 Å². The van der Waals surface area contributed by atoms with Crippen LogP contribution in [0.5, 0.6) is 11.5 Å². The monoisotopic (exact) mass is 696 g/mol. The number of phenolic OH excluding ortho intramolecular Hbond substituents is 1. The van der Waals surface area contributed by atoms with Gasteiger partial charge in [-0.2, -0.15) is 0 Å². The zero-order valence-corrected chi connectivity index (χ0v) is 28.2. The molecular weight excluding hydrogens is 660 g/mol. The normalized spacial score (nSPS) is 27.2. The standard InChI is InChI=1S/C39H37ClN2O8/c1-50-31-20-25(43)14-15-27(31)34-26-16-17-28-33(37(48)41(35(28)46)18-7-3-6-13-32(44)45)29(26)21-30-36(47)42(24-12-8-11-23(40)19-24)38(49)39(30,34)22-9-4-2-5-10-22/h2,4-5,8-12,14-16,19-20,28-30,33-34,43H,3,6-7,13,17-18,21H2,1H3,(H,44,45). The van der Waals surface area contributed by atoms with Crippen LogP contribution in [0.3, 0.4) is 0 Å². The summed E-state index contributed by atoms with van der Waals surface area (Å²) in [7, 11) is 1.48. The van der Waals surface area contributed by atoms with Gasteiger partial charge in [0.2, 0.25) is 23.6 Å². The number of nitrogens with zero attached hydrogens (tertiary/aromatic N) is 2. The molecule has 6 atom stereocenters. The van der Waals surface area contributed by atoms with Gasteiger partial charge in [-0.05, 0) is 61.4 Å². The summed E-state index contributed by atoms with van der Waals surface area (Å²) in [5, 5.41) is 19.8. The molecule has 2 aliphatic carbocycles. The predicted octanol–water partition coefficient (Wildman–Crippen LogP) is 5.86. The summed E-state index contributed by atoms with van der Waals surface area (Å²) < 4.78 is 5.82. The molecule has 4 aliphatic rings. The van der Waals surface area contributed by atoms with Gasteiger partial charge in [0.15, 0.2) is 0 Å². The topological polar surface area (TPSA) is 142 Å². The van der Waals surface area contributed by atoms with Crippen molar-refractivity contribution in [1.82, 2.24) is 4.90 Å². The highest BCUT2D eigenvalue weighted by Crippen LogP contribution is 2.65. The van der Waals surface area contributed by atoms with Gasteiger partial charge in [0.25, 0.3) is 0 Å². The fourth-order valence-electron chi connectivity index (χ4n) is 9.04. The maximum Gasteiger partial charge on any atom is 0.303 e. The highest BCUT2D eigenvalue weighted by Gasteiger charge is 2.70. The number of likely N-dealkylation sites (tertiary alicyclic amines) is 1. The van der Waals surface area contributed by atoms with Crippen LogP contribution in [-0.2, 0) is 29.4 Å². The first-order valence-electron chi connectivity index (χ1n) is 16.9. The van der Waals surface area contributed by atoms with E-state index in [1.54, 1.807) is 30.3 Å². The fourth-order valence-corrected chi connectivity index (χ4v) is 9.22. The number of carboxylic acids is 1. The molecule has 0 spiro atoms. The van der Waals surface area contributed by atoms with Gasteiger partial charge in [0.1, 0.15) is 11.5 Å². The third kappa shape index (κ3) is 5.19. The van der Waals surface area contributed by atoms with E-state index >= 15 is 4.79 Å². The van der Waals surface area contributed by atoms with Gasteiger partial charge < -0.3 is 14.9 Å². The number of unbranched alkanes of at least 4 members (excludes halogenated alkanes) is 2. The first-order valence-corrected chi connectivity index (χ1v) is 17.3. The van der Waals surface area contributed by atoms with Crippen LogP contribution in [-0.4, -0.2) is 58.4 Å². The Balaban J connectivity index is 1.38. The molecule has 3 aromatic carbocycles. The number of carbonyl (C=O) groups excluding carboxylic acids is 4. The third-order valence-electron chi connectivity index (χ3n) is 11.1. The number of phenols is 1. The SMILES string of the molecule is COc1cc(O)ccc1C1C2=CCC3C(=O)N(CCCCCC(=O)O)C(=O)C3C2CC2C(=O)N(c3cccc(Cl)c3)C(=O)C21c1ccccc1. The van der Waals surface area contributed by atoms with Crippen molar-refractivity contribution < 1.29 is 38.9 Å². The lowest BCUT2D eigenvalue weighted by atomic mass is 9.49. The van der Waals surface area contributed by atoms with Crippen LogP contribution in [0.25, 0.3) is 0 Å². The number of hydrogen-bond acceptors (Lipinski definition) is 7. The van der Waals surface area contributed by atoms with E-state index < -0.39 is 52.8 Å². The first-order chi connectivity index (χ1) is 24.1. The third-order valence-corrected chi connectivity index (χ3v) is 11.3. The lowest BCUT2D eigenvalue weighted by Crippen LogP contribution is -2.53. The number of anilines is 1. The van der Waals surface area contributed by atoms with Crippen LogP contribution >= 0.6 is 11.6 Å². The van der Waals surface area contributed by atoms with Crippen LogP contribution in [0, 0.1) is 23.7 Å². The van der Waals surface area contributed by atoms with E-state index in [2.05, 4.69) is 0 Å². The van der Waals surface area contributed by atoms with Gasteiger partial charge in [-0.1, -0.05) is 72.1 Å². The van der Waals surface area contributed by atoms with E-state index in [1.807, 2.05) is 36.4 Å². The number of carboxylic acid groups (broad SMARTS) is 1. The number of ether oxygens (including phenoxy) is 1. The minimum Gasteiger partial charge on any atom is -0.508 e. The number of fused-ring (bicyclic) bond motifs is 4. The Morgan fingerprint density at radius 2 is 1.70 bits per heavy atom. The molecule has 3 fully saturated rings. The number of aliphatic carboxylic acids is 1. The fraction of sp³-hybridized carbons (Fsp3) is 0.359. The Morgan fingerprint density at radius 1 is 0.920 bits per heavy atom. The lowest BCUT2D eigenvalue weighted by Gasteiger charge is -2.51. The van der Waals surface area contributed by atoms with E-state index in [4.69, 9.17) is 21.4 Å². The Kier molecular flexibility index (Phi) is 8.76. The molecule has 6 unspecified atom stereocenters. The number of carbonyl (C=O) groups is 5. The molecule has 2 aliphatic heterocycles. The molecule has 4 amide bonds. The quantitative estimate of drug-likeness (QED) is 0.153. The maximum atomic E-state index is 15.3. The van der Waals surface area contributed by atoms with E-state index in [-0.39, 0.29) is 43.4 Å². The average Bonchev–Trinajstić information content (AvgIpc) is 3.49. The molecule has 258 valence electrons. The molecule has 11 heteroatoms. The maximum absolute atomic E-state index is 15.3. The van der Waals surface area contributed by atoms with Crippen LogP contribution in [0.15, 0.2) is 84.4 Å². The number of halogens is 1. The highest BCUT2D eigenvalue weighted by atomic mass is 35.5. The van der Waals surface area contributed by atoms with Crippen LogP contribution in [0.2, 0.25) is 5.02 Å². The molecule has 2 saturated heterocycles. The molecule has 2 N–H and O–H groups in total. The summed E-state index contributed by atoms with van der Waals surface area (Å²) in [4.78, 5) is 71.6. The molecule has 2 heterocycles. The van der Waals surface area contributed by atoms with E-state index in [0.29, 0.717) is 46.8 Å². The molecule has 1 saturated carbocycles. The second-order valence-electron chi connectivity index (χ2n) is 13.6. The molecule has 0 radical (unpaired) electrons. The van der Waals surface area contributed by atoms with Crippen molar-refractivity contribution in [3.05, 3.63) is 101 Å². The van der Waals surface area contributed by atoms with Crippen molar-refractivity contribution in [3.63, 3.8) is 0 Å². The summed E-state index contributed by atoms with van der Waals surface area (Å²) in [5.74, 6) is -5.62. The lowest BCUT2D eigenvalue weighted by molar-refractivity contribution is -0.141. The summed E-state index contributed by atoms with van der Waals surface area (Å²) in [5.41, 5.74) is 0.870. The number of aromatic hydroxyl groups is 1. The number of imide groups is 2. The number of amides is 4. The number of benzene rings is 3. The van der Waals surface area contributed by atoms with Gasteiger partial charge in [-0.15, -0.1) is 0 Å². The van der Waals surface area contributed by atoms with E-state index in [9.17, 15) is 24.3 Å². The van der Waals surface area contributed by atoms with Crippen molar-refractivity contribution in [3.8, 4) is 11.5 Å². The molecule has 0 bridgehead atoms. The van der Waals surface area contributed by atoms with Crippen molar-refractivity contribution in [2.75, 3.05) is 18.6 Å². The summed E-state index contributed by atoms with van der Waals surface area (Å²) in [6, 6.07) is 20.5. The molecule has 7 rings (SSSR count). The van der Waals surface area contributed by atoms with Gasteiger partial charge in [-0.3, -0.25) is 28.9 Å². The minimum absolute atomic E-state index is 0.0219. The smallest absolute Gasteiger partial charge is 0.303 e. The molecule has 3 aromatic rings. The number of methoxy groups -OCH3 is 1. The van der Waals surface area contributed by atoms with Crippen LogP contribution in [0.4, 0.5) is 5.69 Å². The molecule has 10 nitrogen and oxygen atoms in total. The average molecular weight is 697 g/mol. The van der Waals surface area contributed by atoms with Crippen LogP contribution in [0.1, 0.15) is 55.6 Å². The Bertz CT molecular complexity index is 1930. The molecule has 50 heavy (non-hydrogen) atoms. The number of rotatable bonds is 10. The zero-order chi connectivity index (χ0) is 35.3. The predicted molar refractivity (Wildman–Crippen MR) is 184 cm³/mol. The highest BCUT2D eigenvalue weighted by molar-refractivity contribution is 6.32. The molecular formula is C39H37ClN2O8. The van der Waals surface area contributed by atoms with Crippen molar-refractivity contribution in [1.29, 1.82) is 0 Å². The summed E-state index contributed by atoms with van der Waals surface area (Å²) in [6.45, 7) is 0.193. The van der Waals surface area contributed by atoms with Crippen LogP contribution < -0.4 is 9.64 Å². The van der Waals surface area contributed by atoms with Crippen molar-refractivity contribution >= 4 is 46.9 Å². The van der Waals surface area contributed by atoms with E-state index in [1.165, 1.54) is 29.0 Å². The van der Waals surface area contributed by atoms with Crippen molar-refractivity contribution in [2.45, 2.75) is 49.9 Å².